The average Bonchev–Trinajstić information content (AvgIpc) is 3.24. The van der Waals surface area contributed by atoms with Gasteiger partial charge in [-0.15, -0.1) is 0 Å². The number of carbonyl (C=O) groups is 2. The van der Waals surface area contributed by atoms with Crippen LogP contribution in [0, 0.1) is 6.92 Å². The summed E-state index contributed by atoms with van der Waals surface area (Å²) in [6.07, 6.45) is 3.42. The summed E-state index contributed by atoms with van der Waals surface area (Å²) in [6.45, 7) is 2.84. The van der Waals surface area contributed by atoms with E-state index in [-0.39, 0.29) is 34.0 Å². The van der Waals surface area contributed by atoms with E-state index in [1.165, 1.54) is 16.8 Å². The Balaban J connectivity index is 1.43. The lowest BCUT2D eigenvalue weighted by molar-refractivity contribution is -0.129. The Morgan fingerprint density at radius 1 is 0.895 bits per heavy atom. The number of likely N-dealkylation sites (N-methyl/N-ethyl adjacent to an activating group) is 1. The SMILES string of the molecule is Cc1ccccc1N(C)C1(c2ccccc2)CCC2(CC1)CNC(=O)N2CC(=O)[N+](C)(C)c1ccccc1. The van der Waals surface area contributed by atoms with Crippen LogP contribution in [0.1, 0.15) is 36.8 Å². The first kappa shape index (κ1) is 26.0. The van der Waals surface area contributed by atoms with Gasteiger partial charge >= 0.3 is 11.9 Å². The van der Waals surface area contributed by atoms with Crippen LogP contribution in [0.4, 0.5) is 16.2 Å². The van der Waals surface area contributed by atoms with E-state index in [2.05, 4.69) is 78.8 Å². The minimum absolute atomic E-state index is 0.00421. The molecule has 0 unspecified atom stereocenters. The highest BCUT2D eigenvalue weighted by Crippen LogP contribution is 2.49. The summed E-state index contributed by atoms with van der Waals surface area (Å²) < 4.78 is 0.102. The first-order valence-corrected chi connectivity index (χ1v) is 13.5. The molecule has 198 valence electrons. The Bertz CT molecular complexity index is 1300. The van der Waals surface area contributed by atoms with Gasteiger partial charge in [0.1, 0.15) is 12.2 Å². The lowest BCUT2D eigenvalue weighted by atomic mass is 9.68. The molecule has 6 nitrogen and oxygen atoms in total. The van der Waals surface area contributed by atoms with E-state index in [0.717, 1.165) is 31.4 Å². The van der Waals surface area contributed by atoms with E-state index in [4.69, 9.17) is 0 Å². The van der Waals surface area contributed by atoms with Gasteiger partial charge in [-0.1, -0.05) is 66.7 Å². The largest absolute Gasteiger partial charge is 0.365 e. The third-order valence-electron chi connectivity index (χ3n) is 9.14. The number of benzene rings is 3. The summed E-state index contributed by atoms with van der Waals surface area (Å²) >= 11 is 0. The fourth-order valence-corrected chi connectivity index (χ4v) is 6.45. The molecule has 0 radical (unpaired) electrons. The van der Waals surface area contributed by atoms with Crippen LogP contribution in [-0.4, -0.2) is 56.6 Å². The fourth-order valence-electron chi connectivity index (χ4n) is 6.45. The zero-order valence-electron chi connectivity index (χ0n) is 23.0. The number of nitrogens with one attached hydrogen (secondary N) is 1. The highest BCUT2D eigenvalue weighted by molar-refractivity contribution is 5.92. The van der Waals surface area contributed by atoms with Crippen molar-refractivity contribution in [3.63, 3.8) is 0 Å². The molecule has 5 rings (SSSR count). The third kappa shape index (κ3) is 4.37. The zero-order valence-corrected chi connectivity index (χ0v) is 23.0. The highest BCUT2D eigenvalue weighted by Gasteiger charge is 2.54. The van der Waals surface area contributed by atoms with Gasteiger partial charge in [-0.05, 0) is 61.9 Å². The minimum Gasteiger partial charge on any atom is -0.365 e. The summed E-state index contributed by atoms with van der Waals surface area (Å²) in [5, 5.41) is 3.08. The van der Waals surface area contributed by atoms with Crippen LogP contribution in [0.25, 0.3) is 0 Å². The Kier molecular flexibility index (Phi) is 6.78. The van der Waals surface area contributed by atoms with Crippen LogP contribution in [0.3, 0.4) is 0 Å². The molecular weight excluding hydrogens is 472 g/mol. The number of rotatable bonds is 6. The Hall–Kier alpha value is -3.64. The maximum Gasteiger partial charge on any atom is 0.337 e. The number of nitrogens with zero attached hydrogens (tertiary/aromatic N) is 3. The number of quaternary nitrogens is 1. The predicted octanol–water partition coefficient (Wildman–Crippen LogP) is 5.46. The molecule has 1 N–H and O–H groups in total. The molecule has 3 aromatic carbocycles. The molecule has 1 saturated heterocycles. The highest BCUT2D eigenvalue weighted by atomic mass is 16.2. The van der Waals surface area contributed by atoms with Crippen molar-refractivity contribution >= 4 is 23.3 Å². The molecule has 3 amide bonds. The number of anilines is 1. The number of hydrogen-bond acceptors (Lipinski definition) is 3. The van der Waals surface area contributed by atoms with Gasteiger partial charge < -0.3 is 15.1 Å². The monoisotopic (exact) mass is 511 g/mol. The lowest BCUT2D eigenvalue weighted by Crippen LogP contribution is -2.60. The van der Waals surface area contributed by atoms with Crippen molar-refractivity contribution in [2.24, 2.45) is 0 Å². The minimum atomic E-state index is -0.367. The van der Waals surface area contributed by atoms with Crippen molar-refractivity contribution in [3.05, 3.63) is 96.1 Å². The Labute approximate surface area is 226 Å². The molecule has 1 spiro atoms. The van der Waals surface area contributed by atoms with Gasteiger partial charge in [-0.3, -0.25) is 0 Å². The van der Waals surface area contributed by atoms with E-state index in [0.29, 0.717) is 6.54 Å². The fraction of sp³-hybridized carbons (Fsp3) is 0.375. The molecule has 1 aliphatic carbocycles. The Morgan fingerprint density at radius 3 is 2.11 bits per heavy atom. The van der Waals surface area contributed by atoms with E-state index >= 15 is 0 Å². The van der Waals surface area contributed by atoms with Gasteiger partial charge in [-0.25, -0.2) is 14.1 Å². The molecule has 2 aliphatic rings. The maximum absolute atomic E-state index is 13.6. The van der Waals surface area contributed by atoms with Crippen LogP contribution in [-0.2, 0) is 10.3 Å². The molecule has 0 atom stereocenters. The zero-order chi connectivity index (χ0) is 27.0. The lowest BCUT2D eigenvalue weighted by Gasteiger charge is -2.52. The maximum atomic E-state index is 13.6. The first-order valence-electron chi connectivity index (χ1n) is 13.5. The molecule has 3 aromatic rings. The normalized spacial score (nSPS) is 23.4. The van der Waals surface area contributed by atoms with Gasteiger partial charge in [0.05, 0.1) is 25.2 Å². The van der Waals surface area contributed by atoms with E-state index < -0.39 is 0 Å². The second-order valence-electron chi connectivity index (χ2n) is 11.4. The van der Waals surface area contributed by atoms with E-state index in [1.807, 2.05) is 49.3 Å². The van der Waals surface area contributed by atoms with E-state index in [1.54, 1.807) is 0 Å². The quantitative estimate of drug-likeness (QED) is 0.447. The standard InChI is InChI=1S/C32H38N4O2/c1-25-13-11-12-18-28(25)34(2)32(26-14-7-5-8-15-26)21-19-31(20-22-32)24-33-30(38)35(31)23-29(37)36(3,4)27-16-9-6-10-17-27/h5-18H,19-24H2,1-4H3/p+1. The van der Waals surface area contributed by atoms with Crippen LogP contribution in [0.15, 0.2) is 84.9 Å². The van der Waals surface area contributed by atoms with Crippen LogP contribution in [0.5, 0.6) is 0 Å². The number of carbonyl (C=O) groups excluding carboxylic acids is 2. The number of para-hydroxylation sites is 2. The van der Waals surface area contributed by atoms with Gasteiger partial charge in [0, 0.05) is 19.3 Å². The molecule has 1 heterocycles. The smallest absolute Gasteiger partial charge is 0.337 e. The van der Waals surface area contributed by atoms with Crippen molar-refractivity contribution in [3.8, 4) is 0 Å². The molecule has 1 aliphatic heterocycles. The van der Waals surface area contributed by atoms with Crippen molar-refractivity contribution in [1.29, 1.82) is 0 Å². The summed E-state index contributed by atoms with van der Waals surface area (Å²) in [4.78, 5) is 31.0. The van der Waals surface area contributed by atoms with Crippen LogP contribution in [0.2, 0.25) is 0 Å². The first-order chi connectivity index (χ1) is 18.2. The van der Waals surface area contributed by atoms with Crippen molar-refractivity contribution in [2.75, 3.05) is 39.1 Å². The summed E-state index contributed by atoms with van der Waals surface area (Å²) in [6, 6.07) is 28.9. The molecule has 0 aromatic heterocycles. The topological polar surface area (TPSA) is 52.7 Å². The molecule has 1 saturated carbocycles. The van der Waals surface area contributed by atoms with Gasteiger partial charge in [-0.2, -0.15) is 0 Å². The molecule has 2 fully saturated rings. The van der Waals surface area contributed by atoms with E-state index in [9.17, 15) is 9.59 Å². The Morgan fingerprint density at radius 2 is 1.47 bits per heavy atom. The average molecular weight is 512 g/mol. The molecule has 0 bridgehead atoms. The summed E-state index contributed by atoms with van der Waals surface area (Å²) in [5.74, 6) is 0.00421. The number of amides is 3. The van der Waals surface area contributed by atoms with Crippen LogP contribution < -0.4 is 14.7 Å². The van der Waals surface area contributed by atoms with Gasteiger partial charge in [0.25, 0.3) is 0 Å². The second kappa shape index (κ2) is 9.91. The molecule has 38 heavy (non-hydrogen) atoms. The van der Waals surface area contributed by atoms with Crippen molar-refractivity contribution in [2.45, 2.75) is 43.7 Å². The van der Waals surface area contributed by atoms with Crippen molar-refractivity contribution in [1.82, 2.24) is 14.7 Å². The third-order valence-corrected chi connectivity index (χ3v) is 9.14. The predicted molar refractivity (Wildman–Crippen MR) is 154 cm³/mol. The number of hydrogen-bond donors (Lipinski definition) is 1. The van der Waals surface area contributed by atoms with Gasteiger partial charge in [0.2, 0.25) is 0 Å². The molecular formula is C32H39N4O2+. The molecule has 6 heteroatoms. The van der Waals surface area contributed by atoms with Gasteiger partial charge in [0.15, 0.2) is 0 Å². The van der Waals surface area contributed by atoms with Crippen LogP contribution >= 0.6 is 0 Å². The summed E-state index contributed by atoms with van der Waals surface area (Å²) in [7, 11) is 6.00. The summed E-state index contributed by atoms with van der Waals surface area (Å²) in [5.41, 5.74) is 4.12. The number of aryl methyl sites for hydroxylation is 1. The second-order valence-corrected chi connectivity index (χ2v) is 11.4. The van der Waals surface area contributed by atoms with Crippen molar-refractivity contribution < 1.29 is 9.59 Å². The number of urea groups is 1.